The summed E-state index contributed by atoms with van der Waals surface area (Å²) in [5, 5.41) is 1.00. The number of morpholine rings is 1. The van der Waals surface area contributed by atoms with E-state index >= 15 is 0 Å². The number of rotatable bonds is 7. The van der Waals surface area contributed by atoms with Gasteiger partial charge in [-0.05, 0) is 19.4 Å². The molecular formula is C17H27BrN2O. The highest BCUT2D eigenvalue weighted by Crippen LogP contribution is 2.12. The van der Waals surface area contributed by atoms with Crippen molar-refractivity contribution in [3.63, 3.8) is 0 Å². The van der Waals surface area contributed by atoms with Crippen LogP contribution in [-0.2, 0) is 11.3 Å². The van der Waals surface area contributed by atoms with E-state index in [1.54, 1.807) is 0 Å². The monoisotopic (exact) mass is 354 g/mol. The summed E-state index contributed by atoms with van der Waals surface area (Å²) < 4.78 is 5.97. The molecule has 1 aliphatic rings. The summed E-state index contributed by atoms with van der Waals surface area (Å²) in [4.78, 5) is 5.00. The fourth-order valence-corrected chi connectivity index (χ4v) is 3.31. The summed E-state index contributed by atoms with van der Waals surface area (Å²) in [5.74, 6) is 0. The van der Waals surface area contributed by atoms with Crippen LogP contribution in [-0.4, -0.2) is 60.1 Å². The Kier molecular flexibility index (Phi) is 7.17. The SMILES string of the molecule is CC(C)N1CCOC(CN(CCBr)Cc2ccccc2)C1. The molecule has 1 atom stereocenters. The van der Waals surface area contributed by atoms with E-state index in [0.29, 0.717) is 12.1 Å². The lowest BCUT2D eigenvalue weighted by Crippen LogP contribution is -2.49. The number of halogens is 1. The second kappa shape index (κ2) is 8.89. The Morgan fingerprint density at radius 3 is 2.76 bits per heavy atom. The van der Waals surface area contributed by atoms with Crippen LogP contribution >= 0.6 is 15.9 Å². The fraction of sp³-hybridized carbons (Fsp3) is 0.647. The summed E-state index contributed by atoms with van der Waals surface area (Å²) in [6.45, 7) is 10.5. The van der Waals surface area contributed by atoms with Crippen molar-refractivity contribution in [2.75, 3.05) is 38.1 Å². The fourth-order valence-electron chi connectivity index (χ4n) is 2.81. The lowest BCUT2D eigenvalue weighted by Gasteiger charge is -2.37. The molecule has 1 fully saturated rings. The minimum atomic E-state index is 0.323. The van der Waals surface area contributed by atoms with Crippen molar-refractivity contribution in [3.05, 3.63) is 35.9 Å². The maximum Gasteiger partial charge on any atom is 0.0829 e. The molecule has 0 spiro atoms. The van der Waals surface area contributed by atoms with Crippen molar-refractivity contribution in [1.82, 2.24) is 9.80 Å². The molecule has 1 saturated heterocycles. The van der Waals surface area contributed by atoms with Gasteiger partial charge < -0.3 is 4.74 Å². The Balaban J connectivity index is 1.89. The van der Waals surface area contributed by atoms with Gasteiger partial charge in [0.1, 0.15) is 0 Å². The van der Waals surface area contributed by atoms with E-state index in [9.17, 15) is 0 Å². The molecular weight excluding hydrogens is 328 g/mol. The Bertz CT molecular complexity index is 399. The lowest BCUT2D eigenvalue weighted by atomic mass is 10.2. The van der Waals surface area contributed by atoms with Crippen LogP contribution in [0.4, 0.5) is 0 Å². The summed E-state index contributed by atoms with van der Waals surface area (Å²) in [6.07, 6.45) is 0.323. The molecule has 0 bridgehead atoms. The van der Waals surface area contributed by atoms with Crippen molar-refractivity contribution in [1.29, 1.82) is 0 Å². The summed E-state index contributed by atoms with van der Waals surface area (Å²) in [5.41, 5.74) is 1.37. The Morgan fingerprint density at radius 1 is 1.33 bits per heavy atom. The number of alkyl halides is 1. The van der Waals surface area contributed by atoms with Gasteiger partial charge in [0.15, 0.2) is 0 Å². The topological polar surface area (TPSA) is 15.7 Å². The third kappa shape index (κ3) is 5.70. The van der Waals surface area contributed by atoms with E-state index in [0.717, 1.165) is 44.7 Å². The smallest absolute Gasteiger partial charge is 0.0829 e. The molecule has 1 unspecified atom stereocenters. The number of ether oxygens (including phenoxy) is 1. The van der Waals surface area contributed by atoms with Gasteiger partial charge in [-0.1, -0.05) is 46.3 Å². The second-order valence-electron chi connectivity index (χ2n) is 5.99. The van der Waals surface area contributed by atoms with Crippen molar-refractivity contribution >= 4 is 15.9 Å². The molecule has 21 heavy (non-hydrogen) atoms. The van der Waals surface area contributed by atoms with Gasteiger partial charge in [0, 0.05) is 44.1 Å². The van der Waals surface area contributed by atoms with Crippen molar-refractivity contribution < 1.29 is 4.74 Å². The molecule has 3 nitrogen and oxygen atoms in total. The second-order valence-corrected chi connectivity index (χ2v) is 6.78. The molecule has 0 saturated carbocycles. The third-order valence-electron chi connectivity index (χ3n) is 4.01. The summed E-state index contributed by atoms with van der Waals surface area (Å²) >= 11 is 3.57. The van der Waals surface area contributed by atoms with Crippen LogP contribution in [0.25, 0.3) is 0 Å². The van der Waals surface area contributed by atoms with Gasteiger partial charge >= 0.3 is 0 Å². The minimum absolute atomic E-state index is 0.323. The minimum Gasteiger partial charge on any atom is -0.374 e. The first-order valence-corrected chi connectivity index (χ1v) is 8.99. The van der Waals surface area contributed by atoms with Gasteiger partial charge in [-0.25, -0.2) is 0 Å². The largest absolute Gasteiger partial charge is 0.374 e. The predicted molar refractivity (Wildman–Crippen MR) is 92.0 cm³/mol. The molecule has 4 heteroatoms. The molecule has 0 N–H and O–H groups in total. The van der Waals surface area contributed by atoms with E-state index < -0.39 is 0 Å². The highest BCUT2D eigenvalue weighted by molar-refractivity contribution is 9.09. The molecule has 1 aliphatic heterocycles. The van der Waals surface area contributed by atoms with Gasteiger partial charge in [0.25, 0.3) is 0 Å². The first kappa shape index (κ1) is 16.9. The zero-order chi connectivity index (χ0) is 15.1. The number of hydrogen-bond acceptors (Lipinski definition) is 3. The average molecular weight is 355 g/mol. The number of nitrogens with zero attached hydrogens (tertiary/aromatic N) is 2. The van der Waals surface area contributed by atoms with Gasteiger partial charge in [-0.2, -0.15) is 0 Å². The van der Waals surface area contributed by atoms with Crippen LogP contribution in [0.1, 0.15) is 19.4 Å². The van der Waals surface area contributed by atoms with Crippen LogP contribution < -0.4 is 0 Å². The average Bonchev–Trinajstić information content (AvgIpc) is 2.49. The summed E-state index contributed by atoms with van der Waals surface area (Å²) in [7, 11) is 0. The van der Waals surface area contributed by atoms with Crippen LogP contribution in [0.5, 0.6) is 0 Å². The van der Waals surface area contributed by atoms with E-state index in [1.807, 2.05) is 0 Å². The van der Waals surface area contributed by atoms with E-state index in [1.165, 1.54) is 5.56 Å². The third-order valence-corrected chi connectivity index (χ3v) is 4.37. The predicted octanol–water partition coefficient (Wildman–Crippen LogP) is 2.99. The maximum atomic E-state index is 5.97. The zero-order valence-electron chi connectivity index (χ0n) is 13.2. The number of benzene rings is 1. The first-order chi connectivity index (χ1) is 10.2. The van der Waals surface area contributed by atoms with Gasteiger partial charge in [0.05, 0.1) is 12.7 Å². The van der Waals surface area contributed by atoms with Crippen LogP contribution in [0.3, 0.4) is 0 Å². The molecule has 1 aromatic rings. The quantitative estimate of drug-likeness (QED) is 0.700. The van der Waals surface area contributed by atoms with Gasteiger partial charge in [-0.3, -0.25) is 9.80 Å². The van der Waals surface area contributed by atoms with E-state index in [2.05, 4.69) is 69.9 Å². The number of hydrogen-bond donors (Lipinski definition) is 0. The summed E-state index contributed by atoms with van der Waals surface area (Å²) in [6, 6.07) is 11.3. The molecule has 0 amide bonds. The zero-order valence-corrected chi connectivity index (χ0v) is 14.8. The van der Waals surface area contributed by atoms with Gasteiger partial charge in [0.2, 0.25) is 0 Å². The molecule has 0 radical (unpaired) electrons. The van der Waals surface area contributed by atoms with Crippen molar-refractivity contribution in [2.45, 2.75) is 32.5 Å². The Morgan fingerprint density at radius 2 is 2.10 bits per heavy atom. The molecule has 1 heterocycles. The van der Waals surface area contributed by atoms with Crippen LogP contribution in [0.2, 0.25) is 0 Å². The van der Waals surface area contributed by atoms with Crippen LogP contribution in [0, 0.1) is 0 Å². The highest BCUT2D eigenvalue weighted by atomic mass is 79.9. The van der Waals surface area contributed by atoms with Crippen LogP contribution in [0.15, 0.2) is 30.3 Å². The lowest BCUT2D eigenvalue weighted by molar-refractivity contribution is -0.0524. The molecule has 1 aromatic carbocycles. The van der Waals surface area contributed by atoms with Crippen molar-refractivity contribution in [3.8, 4) is 0 Å². The molecule has 0 aromatic heterocycles. The van der Waals surface area contributed by atoms with Crippen molar-refractivity contribution in [2.24, 2.45) is 0 Å². The maximum absolute atomic E-state index is 5.97. The van der Waals surface area contributed by atoms with E-state index in [4.69, 9.17) is 4.74 Å². The standard InChI is InChI=1S/C17H27BrN2O/c1-15(2)20-10-11-21-17(14-20)13-19(9-8-18)12-16-6-4-3-5-7-16/h3-7,15,17H,8-14H2,1-2H3. The Hall–Kier alpha value is -0.420. The molecule has 118 valence electrons. The molecule has 2 rings (SSSR count). The normalized spacial score (nSPS) is 20.3. The van der Waals surface area contributed by atoms with E-state index in [-0.39, 0.29) is 0 Å². The highest BCUT2D eigenvalue weighted by Gasteiger charge is 2.24. The Labute approximate surface area is 137 Å². The molecule has 0 aliphatic carbocycles. The first-order valence-electron chi connectivity index (χ1n) is 7.87. The van der Waals surface area contributed by atoms with Gasteiger partial charge in [-0.15, -0.1) is 0 Å².